The summed E-state index contributed by atoms with van der Waals surface area (Å²) >= 11 is 0. The molecule has 3 rings (SSSR count). The van der Waals surface area contributed by atoms with Crippen molar-refractivity contribution in [3.05, 3.63) is 47.8 Å². The minimum atomic E-state index is -4.94. The lowest BCUT2D eigenvalue weighted by Crippen LogP contribution is -2.68. The topological polar surface area (TPSA) is 96.3 Å². The van der Waals surface area contributed by atoms with Crippen LogP contribution in [0.25, 0.3) is 17.7 Å². The van der Waals surface area contributed by atoms with E-state index in [1.165, 1.54) is 16.9 Å². The molecular formula is C11H8ClNO4. The van der Waals surface area contributed by atoms with Gasteiger partial charge in [0, 0.05) is 36.4 Å². The summed E-state index contributed by atoms with van der Waals surface area (Å²) in [5.74, 6) is 0. The maximum absolute atomic E-state index is 8.49. The summed E-state index contributed by atoms with van der Waals surface area (Å²) in [6.07, 6.45) is 4.28. The predicted octanol–water partition coefficient (Wildman–Crippen LogP) is -2.85. The van der Waals surface area contributed by atoms with E-state index < -0.39 is 10.2 Å². The standard InChI is InChI=1S/C11H8N.ClHO4/c1-3-9-4-2-6-11-8-7-10(5-1)12(9)11;2-1(3,4)5/h1-8H;(H,2,3,4,5)/q+1;/p-1. The largest absolute Gasteiger partial charge is 0.222 e. The number of pyridine rings is 2. The van der Waals surface area contributed by atoms with E-state index in [9.17, 15) is 0 Å². The lowest BCUT2D eigenvalue weighted by molar-refractivity contribution is -2.00. The third kappa shape index (κ3) is 3.00. The molecule has 0 aromatic carbocycles. The van der Waals surface area contributed by atoms with Crippen molar-refractivity contribution in [2.75, 3.05) is 0 Å². The summed E-state index contributed by atoms with van der Waals surface area (Å²) in [5.41, 5.74) is 3.79. The zero-order chi connectivity index (χ0) is 12.5. The molecule has 1 aliphatic rings. The molecule has 0 fully saturated rings. The Morgan fingerprint density at radius 1 is 0.765 bits per heavy atom. The van der Waals surface area contributed by atoms with Crippen molar-refractivity contribution < 1.29 is 33.3 Å². The first kappa shape index (κ1) is 12.0. The lowest BCUT2D eigenvalue weighted by Gasteiger charge is -2.17. The van der Waals surface area contributed by atoms with E-state index in [2.05, 4.69) is 53.0 Å². The molecule has 2 aromatic rings. The fraction of sp³-hybridized carbons (Fsp3) is 0. The fourth-order valence-electron chi connectivity index (χ4n) is 1.72. The van der Waals surface area contributed by atoms with Crippen molar-refractivity contribution in [1.29, 1.82) is 0 Å². The van der Waals surface area contributed by atoms with Crippen LogP contribution in [-0.4, -0.2) is 0 Å². The highest BCUT2D eigenvalue weighted by atomic mass is 35.7. The highest BCUT2D eigenvalue weighted by molar-refractivity contribution is 5.68. The van der Waals surface area contributed by atoms with E-state index in [-0.39, 0.29) is 0 Å². The van der Waals surface area contributed by atoms with Gasteiger partial charge in [-0.25, -0.2) is 18.6 Å². The van der Waals surface area contributed by atoms with Gasteiger partial charge in [-0.3, -0.25) is 0 Å². The van der Waals surface area contributed by atoms with Crippen molar-refractivity contribution in [2.24, 2.45) is 0 Å². The molecule has 0 bridgehead atoms. The van der Waals surface area contributed by atoms with Crippen LogP contribution in [0.3, 0.4) is 0 Å². The van der Waals surface area contributed by atoms with Crippen LogP contribution in [0.5, 0.6) is 0 Å². The van der Waals surface area contributed by atoms with E-state index >= 15 is 0 Å². The number of rotatable bonds is 0. The van der Waals surface area contributed by atoms with E-state index in [4.69, 9.17) is 18.6 Å². The molecule has 0 N–H and O–H groups in total. The second kappa shape index (κ2) is 4.40. The molecule has 2 aromatic heterocycles. The van der Waals surface area contributed by atoms with Crippen molar-refractivity contribution in [3.8, 4) is 0 Å². The van der Waals surface area contributed by atoms with Gasteiger partial charge in [-0.15, -0.1) is 10.2 Å². The molecule has 88 valence electrons. The first-order valence-corrected chi connectivity index (χ1v) is 5.92. The molecule has 1 aliphatic heterocycles. The minimum absolute atomic E-state index is 1.26. The Bertz CT molecular complexity index is 530. The van der Waals surface area contributed by atoms with Gasteiger partial charge in [0.05, 0.1) is 0 Å². The van der Waals surface area contributed by atoms with Crippen LogP contribution < -0.4 is 23.0 Å². The number of hydrogen-bond acceptors (Lipinski definition) is 4. The minimum Gasteiger partial charge on any atom is -0.222 e. The second-order valence-corrected chi connectivity index (χ2v) is 4.13. The molecule has 0 aliphatic carbocycles. The summed E-state index contributed by atoms with van der Waals surface area (Å²) in [6, 6.07) is 12.7. The molecular weight excluding hydrogens is 246 g/mol. The van der Waals surface area contributed by atoms with Gasteiger partial charge in [0.1, 0.15) is 0 Å². The molecule has 0 amide bonds. The normalized spacial score (nSPS) is 12.5. The highest BCUT2D eigenvalue weighted by Gasteiger charge is 2.15. The molecule has 0 spiro atoms. The van der Waals surface area contributed by atoms with Gasteiger partial charge in [-0.05, 0) is 12.1 Å². The monoisotopic (exact) mass is 253 g/mol. The van der Waals surface area contributed by atoms with Crippen molar-refractivity contribution in [3.63, 3.8) is 0 Å². The average molecular weight is 254 g/mol. The van der Waals surface area contributed by atoms with Crippen LogP contribution in [0.2, 0.25) is 0 Å². The molecule has 17 heavy (non-hydrogen) atoms. The summed E-state index contributed by atoms with van der Waals surface area (Å²) in [4.78, 5) is 0. The molecule has 0 radical (unpaired) electrons. The Kier molecular flexibility index (Phi) is 3.10. The van der Waals surface area contributed by atoms with E-state index in [0.717, 1.165) is 0 Å². The third-order valence-electron chi connectivity index (χ3n) is 2.27. The van der Waals surface area contributed by atoms with Crippen LogP contribution in [0.4, 0.5) is 0 Å². The van der Waals surface area contributed by atoms with Gasteiger partial charge in [0.2, 0.25) is 16.9 Å². The molecule has 0 atom stereocenters. The smallest absolute Gasteiger partial charge is 0.211 e. The Labute approximate surface area is 99.2 Å². The first-order chi connectivity index (χ1) is 7.95. The highest BCUT2D eigenvalue weighted by Crippen LogP contribution is 2.12. The van der Waals surface area contributed by atoms with Gasteiger partial charge >= 0.3 is 0 Å². The summed E-state index contributed by atoms with van der Waals surface area (Å²) in [7, 11) is -4.94. The average Bonchev–Trinajstić information content (AvgIpc) is 2.62. The van der Waals surface area contributed by atoms with Crippen LogP contribution >= 0.6 is 0 Å². The van der Waals surface area contributed by atoms with E-state index in [1.807, 2.05) is 0 Å². The summed E-state index contributed by atoms with van der Waals surface area (Å²) in [6.45, 7) is 0. The van der Waals surface area contributed by atoms with Gasteiger partial charge in [0.15, 0.2) is 0 Å². The fourth-order valence-corrected chi connectivity index (χ4v) is 1.72. The number of hydrogen-bond donors (Lipinski definition) is 0. The van der Waals surface area contributed by atoms with Crippen LogP contribution in [0.15, 0.2) is 36.4 Å². The number of nitrogens with zero attached hydrogens (tertiary/aromatic N) is 1. The van der Waals surface area contributed by atoms with Crippen molar-refractivity contribution in [1.82, 2.24) is 0 Å². The van der Waals surface area contributed by atoms with Crippen molar-refractivity contribution in [2.45, 2.75) is 0 Å². The Balaban J connectivity index is 0.000000188. The van der Waals surface area contributed by atoms with Gasteiger partial charge in [-0.1, -0.05) is 0 Å². The van der Waals surface area contributed by atoms with Gasteiger partial charge in [0.25, 0.3) is 0 Å². The molecule has 0 saturated heterocycles. The van der Waals surface area contributed by atoms with E-state index in [1.54, 1.807) is 0 Å². The zero-order valence-corrected chi connectivity index (χ0v) is 9.33. The van der Waals surface area contributed by atoms with Crippen LogP contribution in [-0.2, 0) is 0 Å². The van der Waals surface area contributed by atoms with Crippen molar-refractivity contribution >= 4 is 17.7 Å². The quantitative estimate of drug-likeness (QED) is 0.403. The molecule has 0 saturated carbocycles. The molecule has 0 unspecified atom stereocenters. The summed E-state index contributed by atoms with van der Waals surface area (Å²) < 4.78 is 36.2. The first-order valence-electron chi connectivity index (χ1n) is 4.69. The maximum atomic E-state index is 8.49. The Hall–Kier alpha value is -1.50. The summed E-state index contributed by atoms with van der Waals surface area (Å²) in [5, 5.41) is 0. The van der Waals surface area contributed by atoms with Gasteiger partial charge in [-0.2, -0.15) is 4.40 Å². The molecule has 3 heterocycles. The second-order valence-electron chi connectivity index (χ2n) is 3.37. The van der Waals surface area contributed by atoms with E-state index in [0.29, 0.717) is 0 Å². The Morgan fingerprint density at radius 2 is 1.18 bits per heavy atom. The van der Waals surface area contributed by atoms with Gasteiger partial charge < -0.3 is 0 Å². The zero-order valence-electron chi connectivity index (χ0n) is 8.58. The van der Waals surface area contributed by atoms with Crippen LogP contribution in [0.1, 0.15) is 11.4 Å². The number of halogens is 1. The SMILES string of the molecule is C1=Cc2cccc3cccc1[n+]23.[O-][Cl+3]([O-])([O-])[O-]. The molecule has 5 nitrogen and oxygen atoms in total. The number of aromatic nitrogens is 1. The molecule has 6 heteroatoms. The maximum Gasteiger partial charge on any atom is 0.211 e. The third-order valence-corrected chi connectivity index (χ3v) is 2.27. The predicted molar refractivity (Wildman–Crippen MR) is 48.5 cm³/mol. The van der Waals surface area contributed by atoms with Crippen LogP contribution in [0, 0.1) is 10.2 Å². The Morgan fingerprint density at radius 3 is 1.59 bits per heavy atom. The lowest BCUT2D eigenvalue weighted by atomic mass is 10.3.